The van der Waals surface area contributed by atoms with E-state index in [1.807, 2.05) is 36.4 Å². The summed E-state index contributed by atoms with van der Waals surface area (Å²) in [5.41, 5.74) is 4.05. The Morgan fingerprint density at radius 3 is 1.93 bits per heavy atom. The summed E-state index contributed by atoms with van der Waals surface area (Å²) in [5, 5.41) is 1.52. The largest absolute Gasteiger partial charge is 0.453 e. The fourth-order valence-corrected chi connectivity index (χ4v) is 3.79. The number of rotatable bonds is 0. The third kappa shape index (κ3) is 3.07. The molecule has 0 unspecified atom stereocenters. The molecule has 152 valence electrons. The number of hydrogen-bond acceptors (Lipinski definition) is 4. The molecule has 0 bridgehead atoms. The van der Waals surface area contributed by atoms with Crippen molar-refractivity contribution in [2.75, 3.05) is 0 Å². The van der Waals surface area contributed by atoms with Crippen LogP contribution in [0.3, 0.4) is 0 Å². The summed E-state index contributed by atoms with van der Waals surface area (Å²) < 4.78 is 12.5. The Morgan fingerprint density at radius 2 is 1.27 bits per heavy atom. The van der Waals surface area contributed by atoms with Crippen molar-refractivity contribution in [1.82, 2.24) is 0 Å². The lowest BCUT2D eigenvalue weighted by Gasteiger charge is -2.29. The standard InChI is InChI=1S/C26H26N2O2/c1-25(2,3)15-11-16(26(4,5)6)24-20(12-15)28-19-13-22-18(14-23(19)30-24)27-17-9-7-8-10-21(17)29-22/h7-14H,1-6H3. The Kier molecular flexibility index (Phi) is 3.88. The first kappa shape index (κ1) is 18.9. The number of nitrogens with zero attached hydrogens (tertiary/aromatic N) is 2. The van der Waals surface area contributed by atoms with E-state index in [0.717, 1.165) is 39.2 Å². The summed E-state index contributed by atoms with van der Waals surface area (Å²) in [5.74, 6) is 3.00. The summed E-state index contributed by atoms with van der Waals surface area (Å²) in [6.45, 7) is 13.3. The van der Waals surface area contributed by atoms with Crippen LogP contribution in [0.1, 0.15) is 52.7 Å². The second kappa shape index (κ2) is 6.18. The normalized spacial score (nSPS) is 14.1. The maximum Gasteiger partial charge on any atom is 0.156 e. The summed E-state index contributed by atoms with van der Waals surface area (Å²) >= 11 is 0. The molecule has 0 saturated heterocycles. The van der Waals surface area contributed by atoms with Crippen LogP contribution in [0.4, 0.5) is 11.4 Å². The number of benzene rings is 3. The minimum absolute atomic E-state index is 0.0202. The van der Waals surface area contributed by atoms with E-state index in [-0.39, 0.29) is 10.8 Å². The zero-order valence-corrected chi connectivity index (χ0v) is 18.3. The van der Waals surface area contributed by atoms with Gasteiger partial charge in [0.1, 0.15) is 22.1 Å². The van der Waals surface area contributed by atoms with Gasteiger partial charge in [-0.1, -0.05) is 59.7 Å². The average Bonchev–Trinajstić information content (AvgIpc) is 2.66. The molecule has 0 aliphatic carbocycles. The summed E-state index contributed by atoms with van der Waals surface area (Å²) in [6, 6.07) is 16.0. The first-order valence-electron chi connectivity index (χ1n) is 10.3. The maximum atomic E-state index is 6.45. The van der Waals surface area contributed by atoms with Crippen molar-refractivity contribution in [3.8, 4) is 23.0 Å². The van der Waals surface area contributed by atoms with Crippen LogP contribution >= 0.6 is 0 Å². The topological polar surface area (TPSA) is 43.2 Å². The molecule has 30 heavy (non-hydrogen) atoms. The van der Waals surface area contributed by atoms with Crippen LogP contribution in [-0.2, 0) is 10.8 Å². The van der Waals surface area contributed by atoms with E-state index in [2.05, 4.69) is 53.7 Å². The van der Waals surface area contributed by atoms with Crippen molar-refractivity contribution in [2.45, 2.75) is 52.4 Å². The van der Waals surface area contributed by atoms with Crippen LogP contribution in [0, 0.1) is 0 Å². The lowest BCUT2D eigenvalue weighted by atomic mass is 9.79. The Balaban J connectivity index is 1.73. The predicted octanol–water partition coefficient (Wildman–Crippen LogP) is 6.40. The van der Waals surface area contributed by atoms with Gasteiger partial charge in [0.15, 0.2) is 23.0 Å². The lowest BCUT2D eigenvalue weighted by molar-refractivity contribution is 0.435. The molecule has 0 N–H and O–H groups in total. The molecule has 0 amide bonds. The van der Waals surface area contributed by atoms with Gasteiger partial charge in [-0.05, 0) is 34.6 Å². The maximum absolute atomic E-state index is 6.45. The van der Waals surface area contributed by atoms with Crippen LogP contribution in [-0.4, -0.2) is 0 Å². The molecular weight excluding hydrogens is 372 g/mol. The summed E-state index contributed by atoms with van der Waals surface area (Å²) in [7, 11) is 0. The molecule has 0 radical (unpaired) electrons. The minimum atomic E-state index is -0.0704. The Bertz CT molecular complexity index is 1310. The van der Waals surface area contributed by atoms with E-state index in [9.17, 15) is 0 Å². The van der Waals surface area contributed by atoms with E-state index in [4.69, 9.17) is 19.5 Å². The van der Waals surface area contributed by atoms with Gasteiger partial charge in [-0.25, -0.2) is 9.98 Å². The van der Waals surface area contributed by atoms with Gasteiger partial charge in [0, 0.05) is 17.7 Å². The smallest absolute Gasteiger partial charge is 0.156 e. The van der Waals surface area contributed by atoms with Crippen molar-refractivity contribution < 1.29 is 9.47 Å². The Labute approximate surface area is 176 Å². The van der Waals surface area contributed by atoms with Crippen LogP contribution in [0.25, 0.3) is 0 Å². The molecule has 2 heterocycles. The highest BCUT2D eigenvalue weighted by atomic mass is 16.5. The van der Waals surface area contributed by atoms with E-state index in [0.29, 0.717) is 11.5 Å². The first-order valence-corrected chi connectivity index (χ1v) is 10.3. The van der Waals surface area contributed by atoms with E-state index in [1.165, 1.54) is 5.56 Å². The molecule has 0 atom stereocenters. The molecule has 0 fully saturated rings. The second-order valence-electron chi connectivity index (χ2n) is 10.1. The molecule has 0 aromatic heterocycles. The zero-order valence-electron chi connectivity index (χ0n) is 18.3. The fraction of sp³-hybridized carbons (Fsp3) is 0.308. The Hall–Kier alpha value is -3.14. The number of fused-ring (bicyclic) bond motifs is 4. The van der Waals surface area contributed by atoms with Gasteiger partial charge in [0.25, 0.3) is 0 Å². The zero-order chi connectivity index (χ0) is 21.3. The third-order valence-corrected chi connectivity index (χ3v) is 5.56. The van der Waals surface area contributed by atoms with Crippen LogP contribution in [0.5, 0.6) is 23.0 Å². The highest BCUT2D eigenvalue weighted by Gasteiger charge is 2.28. The van der Waals surface area contributed by atoms with Crippen LogP contribution in [0.15, 0.2) is 58.5 Å². The average molecular weight is 399 g/mol. The van der Waals surface area contributed by atoms with Gasteiger partial charge in [0.05, 0.1) is 0 Å². The van der Waals surface area contributed by atoms with Gasteiger partial charge in [-0.3, -0.25) is 0 Å². The highest BCUT2D eigenvalue weighted by molar-refractivity contribution is 5.64. The quantitative estimate of drug-likeness (QED) is 0.303. The Morgan fingerprint density at radius 1 is 0.633 bits per heavy atom. The van der Waals surface area contributed by atoms with Crippen LogP contribution in [0.2, 0.25) is 0 Å². The van der Waals surface area contributed by atoms with Gasteiger partial charge in [-0.15, -0.1) is 0 Å². The monoisotopic (exact) mass is 398 g/mol. The van der Waals surface area contributed by atoms with Crippen LogP contribution < -0.4 is 20.2 Å². The summed E-state index contributed by atoms with van der Waals surface area (Å²) in [4.78, 5) is 9.72. The van der Waals surface area contributed by atoms with Crippen molar-refractivity contribution in [3.63, 3.8) is 0 Å². The molecule has 5 rings (SSSR count). The number of hydrogen-bond donors (Lipinski definition) is 0. The molecule has 2 aliphatic rings. The SMILES string of the molecule is CC(C)(C)c1cc2c(c(C(C)(C)C)c1)Oc1cc3c(cc1=N2)Oc1ccccc1N=3. The molecule has 2 aliphatic heterocycles. The molecular formula is C26H26N2O2. The van der Waals surface area contributed by atoms with Gasteiger partial charge >= 0.3 is 0 Å². The van der Waals surface area contributed by atoms with Crippen molar-refractivity contribution >= 4 is 11.4 Å². The molecule has 4 nitrogen and oxygen atoms in total. The molecule has 4 heteroatoms. The van der Waals surface area contributed by atoms with Crippen molar-refractivity contribution in [1.29, 1.82) is 0 Å². The predicted molar refractivity (Wildman–Crippen MR) is 119 cm³/mol. The van der Waals surface area contributed by atoms with Crippen molar-refractivity contribution in [2.24, 2.45) is 9.98 Å². The molecule has 3 aromatic rings. The number of ether oxygens (including phenoxy) is 2. The minimum Gasteiger partial charge on any atom is -0.453 e. The number of para-hydroxylation sites is 2. The first-order chi connectivity index (χ1) is 14.1. The van der Waals surface area contributed by atoms with Gasteiger partial charge in [-0.2, -0.15) is 0 Å². The van der Waals surface area contributed by atoms with Gasteiger partial charge < -0.3 is 9.47 Å². The molecule has 0 spiro atoms. The van der Waals surface area contributed by atoms with Crippen molar-refractivity contribution in [3.05, 3.63) is 70.4 Å². The highest BCUT2D eigenvalue weighted by Crippen LogP contribution is 2.45. The lowest BCUT2D eigenvalue weighted by Crippen LogP contribution is -2.22. The fourth-order valence-electron chi connectivity index (χ4n) is 3.79. The molecule has 0 saturated carbocycles. The van der Waals surface area contributed by atoms with Gasteiger partial charge in [0.2, 0.25) is 0 Å². The van der Waals surface area contributed by atoms with E-state index < -0.39 is 0 Å². The molecule has 3 aromatic carbocycles. The summed E-state index contributed by atoms with van der Waals surface area (Å²) in [6.07, 6.45) is 0. The third-order valence-electron chi connectivity index (χ3n) is 5.56. The van der Waals surface area contributed by atoms with E-state index >= 15 is 0 Å². The van der Waals surface area contributed by atoms with E-state index in [1.54, 1.807) is 0 Å². The second-order valence-corrected chi connectivity index (χ2v) is 10.1.